The van der Waals surface area contributed by atoms with Gasteiger partial charge in [-0.05, 0) is 36.2 Å². The molecule has 122 valence electrons. The Hall–Kier alpha value is -2.20. The summed E-state index contributed by atoms with van der Waals surface area (Å²) in [5.74, 6) is 1.10. The van der Waals surface area contributed by atoms with Gasteiger partial charge in [0, 0.05) is 0 Å². The molecule has 0 aliphatic rings. The second-order valence-electron chi connectivity index (χ2n) is 4.92. The van der Waals surface area contributed by atoms with Gasteiger partial charge in [-0.15, -0.1) is 0 Å². The summed E-state index contributed by atoms with van der Waals surface area (Å²) < 4.78 is 10.9. The second kappa shape index (κ2) is 9.06. The van der Waals surface area contributed by atoms with Crippen LogP contribution in [-0.4, -0.2) is 25.7 Å². The van der Waals surface area contributed by atoms with Crippen LogP contribution in [0.2, 0.25) is 5.02 Å². The van der Waals surface area contributed by atoms with E-state index in [-0.39, 0.29) is 12.5 Å². The van der Waals surface area contributed by atoms with Crippen molar-refractivity contribution < 1.29 is 14.3 Å². The highest BCUT2D eigenvalue weighted by atomic mass is 35.5. The molecule has 0 radical (unpaired) electrons. The van der Waals surface area contributed by atoms with Crippen molar-refractivity contribution in [1.82, 2.24) is 5.32 Å². The zero-order valence-electron chi connectivity index (χ0n) is 13.0. The van der Waals surface area contributed by atoms with Crippen molar-refractivity contribution in [3.8, 4) is 11.5 Å². The third kappa shape index (κ3) is 5.83. The molecule has 0 unspecified atom stereocenters. The number of para-hydroxylation sites is 1. The average molecular weight is 334 g/mol. The average Bonchev–Trinajstić information content (AvgIpc) is 2.59. The number of hydrogen-bond donors (Lipinski definition) is 1. The molecule has 4 nitrogen and oxygen atoms in total. The molecule has 23 heavy (non-hydrogen) atoms. The van der Waals surface area contributed by atoms with Crippen LogP contribution < -0.4 is 14.8 Å². The number of nitrogens with one attached hydrogen (secondary N) is 1. The monoisotopic (exact) mass is 333 g/mol. The first-order chi connectivity index (χ1) is 11.2. The Labute approximate surface area is 141 Å². The molecule has 0 aromatic heterocycles. The summed E-state index contributed by atoms with van der Waals surface area (Å²) >= 11 is 5.97. The predicted molar refractivity (Wildman–Crippen MR) is 91.3 cm³/mol. The summed E-state index contributed by atoms with van der Waals surface area (Å²) in [5.41, 5.74) is 1.23. The quantitative estimate of drug-likeness (QED) is 0.752. The number of halogens is 1. The Balaban J connectivity index is 1.64. The molecule has 0 heterocycles. The number of carbonyl (C=O) groups excluding carboxylic acids is 1. The van der Waals surface area contributed by atoms with Crippen molar-refractivity contribution in [2.24, 2.45) is 0 Å². The van der Waals surface area contributed by atoms with Gasteiger partial charge in [-0.1, -0.05) is 42.8 Å². The maximum absolute atomic E-state index is 11.7. The number of aryl methyl sites for hydroxylation is 1. The lowest BCUT2D eigenvalue weighted by atomic mass is 10.2. The summed E-state index contributed by atoms with van der Waals surface area (Å²) in [7, 11) is 0. The highest BCUT2D eigenvalue weighted by Gasteiger charge is 2.03. The SMILES string of the molecule is CCc1ccc(OCC(=O)NCCOc2ccccc2Cl)cc1. The van der Waals surface area contributed by atoms with Gasteiger partial charge in [0.05, 0.1) is 11.6 Å². The van der Waals surface area contributed by atoms with Crippen LogP contribution in [0.4, 0.5) is 0 Å². The fourth-order valence-corrected chi connectivity index (χ4v) is 2.12. The molecule has 0 aliphatic carbocycles. The van der Waals surface area contributed by atoms with Gasteiger partial charge in [0.15, 0.2) is 6.61 Å². The summed E-state index contributed by atoms with van der Waals surface area (Å²) in [6, 6.07) is 14.9. The van der Waals surface area contributed by atoms with Gasteiger partial charge in [0.1, 0.15) is 18.1 Å². The summed E-state index contributed by atoms with van der Waals surface area (Å²) in [4.78, 5) is 11.7. The number of hydrogen-bond acceptors (Lipinski definition) is 3. The van der Waals surface area contributed by atoms with E-state index in [4.69, 9.17) is 21.1 Å². The minimum absolute atomic E-state index is 0.0163. The predicted octanol–water partition coefficient (Wildman–Crippen LogP) is 3.48. The first-order valence-corrected chi connectivity index (χ1v) is 7.92. The molecule has 1 N–H and O–H groups in total. The Morgan fingerprint density at radius 2 is 1.83 bits per heavy atom. The molecule has 1 amide bonds. The first kappa shape index (κ1) is 17.2. The minimum atomic E-state index is -0.188. The fraction of sp³-hybridized carbons (Fsp3) is 0.278. The molecule has 5 heteroatoms. The number of carbonyl (C=O) groups is 1. The van der Waals surface area contributed by atoms with E-state index in [1.807, 2.05) is 36.4 Å². The van der Waals surface area contributed by atoms with Crippen LogP contribution >= 0.6 is 11.6 Å². The molecular formula is C18H20ClNO3. The lowest BCUT2D eigenvalue weighted by Crippen LogP contribution is -2.32. The summed E-state index contributed by atoms with van der Waals surface area (Å²) in [6.07, 6.45) is 0.978. The van der Waals surface area contributed by atoms with Gasteiger partial charge >= 0.3 is 0 Å². The van der Waals surface area contributed by atoms with E-state index in [0.717, 1.165) is 6.42 Å². The largest absolute Gasteiger partial charge is 0.490 e. The molecule has 0 spiro atoms. The molecular weight excluding hydrogens is 314 g/mol. The van der Waals surface area contributed by atoms with Gasteiger partial charge in [-0.3, -0.25) is 4.79 Å². The lowest BCUT2D eigenvalue weighted by molar-refractivity contribution is -0.123. The minimum Gasteiger partial charge on any atom is -0.490 e. The molecule has 2 rings (SSSR count). The number of benzene rings is 2. The van der Waals surface area contributed by atoms with Crippen LogP contribution in [0.1, 0.15) is 12.5 Å². The van der Waals surface area contributed by atoms with E-state index < -0.39 is 0 Å². The van der Waals surface area contributed by atoms with Gasteiger partial charge in [0.25, 0.3) is 5.91 Å². The molecule has 0 fully saturated rings. The van der Waals surface area contributed by atoms with Crippen LogP contribution in [0.25, 0.3) is 0 Å². The Morgan fingerprint density at radius 1 is 1.09 bits per heavy atom. The highest BCUT2D eigenvalue weighted by molar-refractivity contribution is 6.32. The van der Waals surface area contributed by atoms with Gasteiger partial charge in [-0.25, -0.2) is 0 Å². The van der Waals surface area contributed by atoms with Crippen LogP contribution in [0, 0.1) is 0 Å². The van der Waals surface area contributed by atoms with Crippen LogP contribution in [0.15, 0.2) is 48.5 Å². The normalized spacial score (nSPS) is 10.2. The van der Waals surface area contributed by atoms with Gasteiger partial charge in [-0.2, -0.15) is 0 Å². The molecule has 2 aromatic rings. The molecule has 0 saturated carbocycles. The van der Waals surface area contributed by atoms with Crippen molar-refractivity contribution in [3.05, 3.63) is 59.1 Å². The first-order valence-electron chi connectivity index (χ1n) is 7.55. The van der Waals surface area contributed by atoms with E-state index in [9.17, 15) is 4.79 Å². The van der Waals surface area contributed by atoms with E-state index in [1.54, 1.807) is 12.1 Å². The molecule has 2 aromatic carbocycles. The Kier molecular flexibility index (Phi) is 6.76. The second-order valence-corrected chi connectivity index (χ2v) is 5.32. The van der Waals surface area contributed by atoms with E-state index in [1.165, 1.54) is 5.56 Å². The van der Waals surface area contributed by atoms with Gasteiger partial charge in [0.2, 0.25) is 0 Å². The van der Waals surface area contributed by atoms with Crippen LogP contribution in [0.5, 0.6) is 11.5 Å². The van der Waals surface area contributed by atoms with Crippen molar-refractivity contribution >= 4 is 17.5 Å². The summed E-state index contributed by atoms with van der Waals surface area (Å²) in [6.45, 7) is 2.81. The fourth-order valence-electron chi connectivity index (χ4n) is 1.93. The standard InChI is InChI=1S/C18H20ClNO3/c1-2-14-7-9-15(10-8-14)23-13-18(21)20-11-12-22-17-6-4-3-5-16(17)19/h3-10H,2,11-13H2,1H3,(H,20,21). The van der Waals surface area contributed by atoms with Crippen molar-refractivity contribution in [2.45, 2.75) is 13.3 Å². The topological polar surface area (TPSA) is 47.6 Å². The molecule has 0 bridgehead atoms. The van der Waals surface area contributed by atoms with Gasteiger partial charge < -0.3 is 14.8 Å². The molecule has 0 saturated heterocycles. The molecule has 0 aliphatic heterocycles. The highest BCUT2D eigenvalue weighted by Crippen LogP contribution is 2.22. The maximum atomic E-state index is 11.7. The third-order valence-electron chi connectivity index (χ3n) is 3.22. The third-order valence-corrected chi connectivity index (χ3v) is 3.53. The van der Waals surface area contributed by atoms with E-state index in [0.29, 0.717) is 29.7 Å². The zero-order valence-corrected chi connectivity index (χ0v) is 13.8. The number of rotatable bonds is 8. The van der Waals surface area contributed by atoms with Crippen molar-refractivity contribution in [1.29, 1.82) is 0 Å². The number of amides is 1. The smallest absolute Gasteiger partial charge is 0.258 e. The van der Waals surface area contributed by atoms with E-state index in [2.05, 4.69) is 12.2 Å². The molecule has 0 atom stereocenters. The van der Waals surface area contributed by atoms with Crippen molar-refractivity contribution in [3.63, 3.8) is 0 Å². The van der Waals surface area contributed by atoms with E-state index >= 15 is 0 Å². The number of ether oxygens (including phenoxy) is 2. The zero-order chi connectivity index (χ0) is 16.5. The van der Waals surface area contributed by atoms with Crippen LogP contribution in [0.3, 0.4) is 0 Å². The Morgan fingerprint density at radius 3 is 2.52 bits per heavy atom. The van der Waals surface area contributed by atoms with Crippen LogP contribution in [-0.2, 0) is 11.2 Å². The Bertz CT molecular complexity index is 628. The lowest BCUT2D eigenvalue weighted by Gasteiger charge is -2.10. The maximum Gasteiger partial charge on any atom is 0.258 e. The van der Waals surface area contributed by atoms with Crippen molar-refractivity contribution in [2.75, 3.05) is 19.8 Å². The summed E-state index contributed by atoms with van der Waals surface area (Å²) in [5, 5.41) is 3.29.